The highest BCUT2D eigenvalue weighted by atomic mass is 16.4. The van der Waals surface area contributed by atoms with Crippen molar-refractivity contribution in [2.75, 3.05) is 0 Å². The fourth-order valence-electron chi connectivity index (χ4n) is 2.53. The Balaban J connectivity index is 1.82. The smallest absolute Gasteiger partial charge is 0.335 e. The van der Waals surface area contributed by atoms with Crippen LogP contribution >= 0.6 is 0 Å². The van der Waals surface area contributed by atoms with Gasteiger partial charge in [0.05, 0.1) is 11.8 Å². The minimum absolute atomic E-state index is 0.212. The van der Waals surface area contributed by atoms with Crippen LogP contribution in [0.2, 0.25) is 0 Å². The van der Waals surface area contributed by atoms with Gasteiger partial charge in [0, 0.05) is 13.1 Å². The molecule has 0 aliphatic carbocycles. The molecule has 1 amide bonds. The summed E-state index contributed by atoms with van der Waals surface area (Å²) < 4.78 is 5.23. The van der Waals surface area contributed by atoms with Crippen LogP contribution in [0.25, 0.3) is 0 Å². The van der Waals surface area contributed by atoms with E-state index in [4.69, 9.17) is 9.52 Å². The Morgan fingerprint density at radius 3 is 2.04 bits per heavy atom. The van der Waals surface area contributed by atoms with Gasteiger partial charge in [-0.1, -0.05) is 42.5 Å². The highest BCUT2D eigenvalue weighted by Crippen LogP contribution is 2.15. The Morgan fingerprint density at radius 1 is 0.840 bits per heavy atom. The maximum atomic E-state index is 12.7. The number of carboxylic acid groups (broad SMARTS) is 1. The quantitative estimate of drug-likeness (QED) is 0.743. The molecule has 5 heteroatoms. The first kappa shape index (κ1) is 16.5. The van der Waals surface area contributed by atoms with Crippen molar-refractivity contribution in [1.29, 1.82) is 0 Å². The number of carbonyl (C=O) groups is 2. The van der Waals surface area contributed by atoms with Gasteiger partial charge in [-0.2, -0.15) is 0 Å². The molecule has 0 aliphatic rings. The van der Waals surface area contributed by atoms with Crippen molar-refractivity contribution in [3.63, 3.8) is 0 Å². The fourth-order valence-corrected chi connectivity index (χ4v) is 2.53. The van der Waals surface area contributed by atoms with Gasteiger partial charge in [0.15, 0.2) is 5.76 Å². The van der Waals surface area contributed by atoms with Crippen LogP contribution in [0, 0.1) is 0 Å². The van der Waals surface area contributed by atoms with Crippen molar-refractivity contribution in [1.82, 2.24) is 4.90 Å². The summed E-state index contributed by atoms with van der Waals surface area (Å²) in [6.45, 7) is 0.787. The zero-order valence-electron chi connectivity index (χ0n) is 13.5. The second-order valence-corrected chi connectivity index (χ2v) is 5.63. The molecule has 0 radical (unpaired) electrons. The molecule has 1 aromatic heterocycles. The van der Waals surface area contributed by atoms with E-state index in [2.05, 4.69) is 0 Å². The molecule has 0 fully saturated rings. The summed E-state index contributed by atoms with van der Waals surface area (Å²) in [5, 5.41) is 8.99. The van der Waals surface area contributed by atoms with Crippen LogP contribution < -0.4 is 0 Å². The van der Waals surface area contributed by atoms with E-state index >= 15 is 0 Å². The minimum Gasteiger partial charge on any atom is -0.478 e. The van der Waals surface area contributed by atoms with Crippen molar-refractivity contribution in [2.24, 2.45) is 0 Å². The largest absolute Gasteiger partial charge is 0.478 e. The Morgan fingerprint density at radius 2 is 1.48 bits per heavy atom. The topological polar surface area (TPSA) is 70.8 Å². The number of nitrogens with zero attached hydrogens (tertiary/aromatic N) is 1. The van der Waals surface area contributed by atoms with Crippen molar-refractivity contribution in [3.8, 4) is 0 Å². The molecule has 0 spiro atoms. The molecule has 3 rings (SSSR count). The molecule has 2 aromatic carbocycles. The van der Waals surface area contributed by atoms with Crippen LogP contribution in [0.4, 0.5) is 0 Å². The van der Waals surface area contributed by atoms with E-state index in [0.717, 1.165) is 11.1 Å². The summed E-state index contributed by atoms with van der Waals surface area (Å²) in [6.07, 6.45) is 1.47. The number of aromatic carboxylic acids is 1. The second-order valence-electron chi connectivity index (χ2n) is 5.63. The Hall–Kier alpha value is -3.34. The molecule has 1 heterocycles. The number of rotatable bonds is 6. The summed E-state index contributed by atoms with van der Waals surface area (Å²) in [4.78, 5) is 25.4. The summed E-state index contributed by atoms with van der Waals surface area (Å²) in [5.41, 5.74) is 2.07. The number of furan rings is 1. The molecule has 0 atom stereocenters. The molecule has 5 nitrogen and oxygen atoms in total. The van der Waals surface area contributed by atoms with Crippen molar-refractivity contribution < 1.29 is 19.1 Å². The van der Waals surface area contributed by atoms with Gasteiger partial charge >= 0.3 is 5.97 Å². The number of hydrogen-bond donors (Lipinski definition) is 1. The van der Waals surface area contributed by atoms with Crippen molar-refractivity contribution >= 4 is 11.9 Å². The summed E-state index contributed by atoms with van der Waals surface area (Å²) >= 11 is 0. The standard InChI is InChI=1S/C20H17NO4/c22-19(18-7-4-12-25-18)21(13-15-5-2-1-3-6-15)14-16-8-10-17(11-9-16)20(23)24/h1-12H,13-14H2,(H,23,24). The lowest BCUT2D eigenvalue weighted by atomic mass is 10.1. The molecular formula is C20H17NO4. The molecule has 3 aromatic rings. The predicted molar refractivity (Wildman–Crippen MR) is 92.1 cm³/mol. The monoisotopic (exact) mass is 335 g/mol. The highest BCUT2D eigenvalue weighted by molar-refractivity contribution is 5.91. The Labute approximate surface area is 145 Å². The van der Waals surface area contributed by atoms with Crippen molar-refractivity contribution in [3.05, 3.63) is 95.4 Å². The van der Waals surface area contributed by atoms with E-state index < -0.39 is 5.97 Å². The first-order valence-corrected chi connectivity index (χ1v) is 7.82. The van der Waals surface area contributed by atoms with E-state index in [1.807, 2.05) is 30.3 Å². The molecule has 0 aliphatic heterocycles. The normalized spacial score (nSPS) is 10.4. The summed E-state index contributed by atoms with van der Waals surface area (Å²) in [6, 6.07) is 19.5. The fraction of sp³-hybridized carbons (Fsp3) is 0.100. The lowest BCUT2D eigenvalue weighted by Crippen LogP contribution is -2.29. The maximum Gasteiger partial charge on any atom is 0.335 e. The van der Waals surface area contributed by atoms with Gasteiger partial charge in [0.2, 0.25) is 0 Å². The van der Waals surface area contributed by atoms with E-state index in [1.54, 1.807) is 29.2 Å². The highest BCUT2D eigenvalue weighted by Gasteiger charge is 2.19. The Kier molecular flexibility index (Phi) is 4.95. The molecule has 0 saturated heterocycles. The molecule has 0 unspecified atom stereocenters. The van der Waals surface area contributed by atoms with Gasteiger partial charge in [-0.25, -0.2) is 4.79 Å². The molecule has 1 N–H and O–H groups in total. The number of carbonyl (C=O) groups excluding carboxylic acids is 1. The van der Waals surface area contributed by atoms with Crippen molar-refractivity contribution in [2.45, 2.75) is 13.1 Å². The molecule has 126 valence electrons. The lowest BCUT2D eigenvalue weighted by molar-refractivity contribution is 0.0686. The molecule has 25 heavy (non-hydrogen) atoms. The third-order valence-electron chi connectivity index (χ3n) is 3.81. The predicted octanol–water partition coefficient (Wildman–Crippen LogP) is 3.82. The average molecular weight is 335 g/mol. The van der Waals surface area contributed by atoms with Crippen LogP contribution in [-0.4, -0.2) is 21.9 Å². The van der Waals surface area contributed by atoms with Gasteiger partial charge in [-0.15, -0.1) is 0 Å². The Bertz CT molecular complexity index is 839. The zero-order valence-corrected chi connectivity index (χ0v) is 13.5. The lowest BCUT2D eigenvalue weighted by Gasteiger charge is -2.22. The van der Waals surface area contributed by atoms with Gasteiger partial charge in [0.1, 0.15) is 0 Å². The SMILES string of the molecule is O=C(O)c1ccc(CN(Cc2ccccc2)C(=O)c2ccco2)cc1. The van der Waals surface area contributed by atoms with Crippen LogP contribution in [0.15, 0.2) is 77.4 Å². The van der Waals surface area contributed by atoms with E-state index in [9.17, 15) is 9.59 Å². The number of amides is 1. The van der Waals surface area contributed by atoms with E-state index in [1.165, 1.54) is 18.4 Å². The van der Waals surface area contributed by atoms with Crippen LogP contribution in [0.1, 0.15) is 32.0 Å². The van der Waals surface area contributed by atoms with Gasteiger partial charge in [0.25, 0.3) is 5.91 Å². The first-order valence-electron chi connectivity index (χ1n) is 7.82. The number of benzene rings is 2. The summed E-state index contributed by atoms with van der Waals surface area (Å²) in [7, 11) is 0. The third-order valence-corrected chi connectivity index (χ3v) is 3.81. The molecular weight excluding hydrogens is 318 g/mol. The minimum atomic E-state index is -0.973. The summed E-state index contributed by atoms with van der Waals surface area (Å²) in [5.74, 6) is -0.909. The average Bonchev–Trinajstić information content (AvgIpc) is 3.16. The first-order chi connectivity index (χ1) is 12.1. The van der Waals surface area contributed by atoms with Crippen LogP contribution in [0.3, 0.4) is 0 Å². The maximum absolute atomic E-state index is 12.7. The van der Waals surface area contributed by atoms with E-state index in [-0.39, 0.29) is 17.2 Å². The number of carboxylic acids is 1. The molecule has 0 saturated carbocycles. The van der Waals surface area contributed by atoms with Crippen LogP contribution in [-0.2, 0) is 13.1 Å². The van der Waals surface area contributed by atoms with E-state index in [0.29, 0.717) is 13.1 Å². The van der Waals surface area contributed by atoms with Gasteiger partial charge < -0.3 is 14.4 Å². The van der Waals surface area contributed by atoms with Gasteiger partial charge in [-0.05, 0) is 35.4 Å². The third kappa shape index (κ3) is 4.14. The molecule has 0 bridgehead atoms. The zero-order chi connectivity index (χ0) is 17.6. The van der Waals surface area contributed by atoms with Crippen LogP contribution in [0.5, 0.6) is 0 Å². The number of hydrogen-bond acceptors (Lipinski definition) is 3. The second kappa shape index (κ2) is 7.49. The van der Waals surface area contributed by atoms with Gasteiger partial charge in [-0.3, -0.25) is 4.79 Å².